The van der Waals surface area contributed by atoms with Gasteiger partial charge in [0.15, 0.2) is 0 Å². The molecule has 0 saturated heterocycles. The van der Waals surface area contributed by atoms with E-state index in [-0.39, 0.29) is 0 Å². The monoisotopic (exact) mass is 290 g/mol. The highest BCUT2D eigenvalue weighted by molar-refractivity contribution is 7.09. The summed E-state index contributed by atoms with van der Waals surface area (Å²) in [6, 6.07) is 8.70. The van der Waals surface area contributed by atoms with Crippen molar-refractivity contribution >= 4 is 11.3 Å². The van der Waals surface area contributed by atoms with Crippen molar-refractivity contribution in [2.45, 2.75) is 26.3 Å². The lowest BCUT2D eigenvalue weighted by Gasteiger charge is -2.05. The number of nitrogens with zero attached hydrogens (tertiary/aromatic N) is 1. The van der Waals surface area contributed by atoms with Gasteiger partial charge in [-0.25, -0.2) is 4.98 Å². The molecule has 0 radical (unpaired) electrons. The minimum absolute atomic E-state index is 0.569. The normalized spacial score (nSPS) is 11.2. The van der Waals surface area contributed by atoms with Gasteiger partial charge in [0.25, 0.3) is 0 Å². The SMILES string of the molecule is COCCNCc1nc(-c2ccc(C(C)C)cc2)cs1. The maximum absolute atomic E-state index is 5.01. The van der Waals surface area contributed by atoms with Crippen molar-refractivity contribution in [3.63, 3.8) is 0 Å². The number of nitrogens with one attached hydrogen (secondary N) is 1. The third kappa shape index (κ3) is 4.13. The smallest absolute Gasteiger partial charge is 0.107 e. The van der Waals surface area contributed by atoms with Crippen molar-refractivity contribution < 1.29 is 4.74 Å². The molecule has 1 heterocycles. The number of hydrogen-bond acceptors (Lipinski definition) is 4. The Morgan fingerprint density at radius 1 is 1.25 bits per heavy atom. The van der Waals surface area contributed by atoms with E-state index in [0.717, 1.165) is 30.4 Å². The molecule has 1 aromatic heterocycles. The zero-order valence-electron chi connectivity index (χ0n) is 12.3. The molecule has 4 heteroatoms. The Hall–Kier alpha value is -1.23. The van der Waals surface area contributed by atoms with Crippen LogP contribution in [-0.2, 0) is 11.3 Å². The molecule has 0 unspecified atom stereocenters. The van der Waals surface area contributed by atoms with E-state index in [0.29, 0.717) is 5.92 Å². The zero-order valence-corrected chi connectivity index (χ0v) is 13.2. The van der Waals surface area contributed by atoms with Gasteiger partial charge in [0.1, 0.15) is 5.01 Å². The van der Waals surface area contributed by atoms with E-state index in [2.05, 4.69) is 53.8 Å². The number of benzene rings is 1. The first-order chi connectivity index (χ1) is 9.70. The summed E-state index contributed by atoms with van der Waals surface area (Å²) >= 11 is 1.70. The Bertz CT molecular complexity index is 520. The molecule has 0 amide bonds. The van der Waals surface area contributed by atoms with Crippen LogP contribution < -0.4 is 5.32 Å². The average Bonchev–Trinajstić information content (AvgIpc) is 2.92. The van der Waals surface area contributed by atoms with Crippen LogP contribution in [0.4, 0.5) is 0 Å². The summed E-state index contributed by atoms with van der Waals surface area (Å²) in [5.41, 5.74) is 3.62. The zero-order chi connectivity index (χ0) is 14.4. The van der Waals surface area contributed by atoms with E-state index >= 15 is 0 Å². The van der Waals surface area contributed by atoms with Gasteiger partial charge in [-0.15, -0.1) is 11.3 Å². The Balaban J connectivity index is 1.97. The number of thiazole rings is 1. The van der Waals surface area contributed by atoms with Crippen LogP contribution in [0, 0.1) is 0 Å². The molecule has 108 valence electrons. The van der Waals surface area contributed by atoms with Crippen LogP contribution in [0.25, 0.3) is 11.3 Å². The van der Waals surface area contributed by atoms with Gasteiger partial charge in [-0.05, 0) is 11.5 Å². The molecule has 20 heavy (non-hydrogen) atoms. The standard InChI is InChI=1S/C16H22N2OS/c1-12(2)13-4-6-14(7-5-13)15-11-20-16(18-15)10-17-8-9-19-3/h4-7,11-12,17H,8-10H2,1-3H3. The molecule has 0 atom stereocenters. The van der Waals surface area contributed by atoms with Gasteiger partial charge in [0.05, 0.1) is 12.3 Å². The molecule has 0 spiro atoms. The Morgan fingerprint density at radius 2 is 2.00 bits per heavy atom. The van der Waals surface area contributed by atoms with Crippen molar-refractivity contribution in [2.24, 2.45) is 0 Å². The molecule has 0 bridgehead atoms. The number of hydrogen-bond donors (Lipinski definition) is 1. The summed E-state index contributed by atoms with van der Waals surface area (Å²) in [5.74, 6) is 0.569. The summed E-state index contributed by atoms with van der Waals surface area (Å²) in [6.45, 7) is 6.81. The van der Waals surface area contributed by atoms with Crippen molar-refractivity contribution in [3.8, 4) is 11.3 Å². The maximum atomic E-state index is 5.01. The third-order valence-corrected chi connectivity index (χ3v) is 4.03. The van der Waals surface area contributed by atoms with Gasteiger partial charge in [-0.1, -0.05) is 38.1 Å². The highest BCUT2D eigenvalue weighted by Crippen LogP contribution is 2.24. The van der Waals surface area contributed by atoms with Crippen LogP contribution in [0.5, 0.6) is 0 Å². The molecule has 0 fully saturated rings. The molecule has 0 aliphatic carbocycles. The van der Waals surface area contributed by atoms with E-state index in [4.69, 9.17) is 4.74 Å². The fourth-order valence-corrected chi connectivity index (χ4v) is 2.71. The van der Waals surface area contributed by atoms with Crippen molar-refractivity contribution in [1.29, 1.82) is 0 Å². The number of rotatable bonds is 7. The van der Waals surface area contributed by atoms with E-state index < -0.39 is 0 Å². The predicted octanol–water partition coefficient (Wildman–Crippen LogP) is 3.67. The lowest BCUT2D eigenvalue weighted by Crippen LogP contribution is -2.18. The van der Waals surface area contributed by atoms with E-state index in [9.17, 15) is 0 Å². The second-order valence-electron chi connectivity index (χ2n) is 5.07. The molecule has 0 saturated carbocycles. The minimum Gasteiger partial charge on any atom is -0.383 e. The first-order valence-corrected chi connectivity index (χ1v) is 7.83. The van der Waals surface area contributed by atoms with Crippen LogP contribution in [0.15, 0.2) is 29.6 Å². The quantitative estimate of drug-likeness (QED) is 0.790. The number of methoxy groups -OCH3 is 1. The predicted molar refractivity (Wildman–Crippen MR) is 85.2 cm³/mol. The summed E-state index contributed by atoms with van der Waals surface area (Å²) in [5, 5.41) is 6.55. The minimum atomic E-state index is 0.569. The van der Waals surface area contributed by atoms with Crippen LogP contribution in [0.3, 0.4) is 0 Å². The summed E-state index contributed by atoms with van der Waals surface area (Å²) in [7, 11) is 1.71. The molecule has 2 aromatic rings. The molecule has 1 N–H and O–H groups in total. The first kappa shape index (κ1) is 15.2. The van der Waals surface area contributed by atoms with E-state index in [1.807, 2.05) is 0 Å². The lowest BCUT2D eigenvalue weighted by molar-refractivity contribution is 0.199. The van der Waals surface area contributed by atoms with Crippen LogP contribution in [-0.4, -0.2) is 25.2 Å². The first-order valence-electron chi connectivity index (χ1n) is 6.95. The molecule has 0 aliphatic rings. The Morgan fingerprint density at radius 3 is 2.65 bits per heavy atom. The largest absolute Gasteiger partial charge is 0.383 e. The average molecular weight is 290 g/mol. The molecule has 3 nitrogen and oxygen atoms in total. The topological polar surface area (TPSA) is 34.1 Å². The van der Waals surface area contributed by atoms with Gasteiger partial charge in [0, 0.05) is 31.1 Å². The van der Waals surface area contributed by atoms with Gasteiger partial charge < -0.3 is 10.1 Å². The van der Waals surface area contributed by atoms with Gasteiger partial charge in [-0.2, -0.15) is 0 Å². The Labute approximate surface area is 125 Å². The van der Waals surface area contributed by atoms with Crippen LogP contribution in [0.1, 0.15) is 30.3 Å². The second-order valence-corrected chi connectivity index (χ2v) is 6.02. The molecular weight excluding hydrogens is 268 g/mol. The molecule has 0 aliphatic heterocycles. The lowest BCUT2D eigenvalue weighted by atomic mass is 10.0. The summed E-state index contributed by atoms with van der Waals surface area (Å²) in [6.07, 6.45) is 0. The molecule has 1 aromatic carbocycles. The van der Waals surface area contributed by atoms with Crippen molar-refractivity contribution in [3.05, 3.63) is 40.2 Å². The fraction of sp³-hybridized carbons (Fsp3) is 0.438. The summed E-state index contributed by atoms with van der Waals surface area (Å²) < 4.78 is 5.01. The number of ether oxygens (including phenoxy) is 1. The maximum Gasteiger partial charge on any atom is 0.107 e. The third-order valence-electron chi connectivity index (χ3n) is 3.18. The Kier molecular flexibility index (Phi) is 5.71. The van der Waals surface area contributed by atoms with E-state index in [1.165, 1.54) is 11.1 Å². The molecular formula is C16H22N2OS. The van der Waals surface area contributed by atoms with Crippen LogP contribution >= 0.6 is 11.3 Å². The van der Waals surface area contributed by atoms with Gasteiger partial charge in [-0.3, -0.25) is 0 Å². The number of aromatic nitrogens is 1. The fourth-order valence-electron chi connectivity index (χ4n) is 1.93. The second kappa shape index (κ2) is 7.53. The van der Waals surface area contributed by atoms with E-state index in [1.54, 1.807) is 18.4 Å². The van der Waals surface area contributed by atoms with Gasteiger partial charge >= 0.3 is 0 Å². The van der Waals surface area contributed by atoms with Gasteiger partial charge in [0.2, 0.25) is 0 Å². The van der Waals surface area contributed by atoms with Crippen molar-refractivity contribution in [1.82, 2.24) is 10.3 Å². The highest BCUT2D eigenvalue weighted by Gasteiger charge is 2.05. The molecule has 2 rings (SSSR count). The van der Waals surface area contributed by atoms with Crippen molar-refractivity contribution in [2.75, 3.05) is 20.3 Å². The van der Waals surface area contributed by atoms with Crippen LogP contribution in [0.2, 0.25) is 0 Å². The summed E-state index contributed by atoms with van der Waals surface area (Å²) in [4.78, 5) is 4.67. The highest BCUT2D eigenvalue weighted by atomic mass is 32.1.